The number of benzene rings is 2. The molecule has 302 valence electrons. The molecule has 3 rings (SSSR count). The monoisotopic (exact) mass is 846 g/mol. The lowest BCUT2D eigenvalue weighted by molar-refractivity contribution is -0.192. The Morgan fingerprint density at radius 3 is 2.11 bits per heavy atom. The van der Waals surface area contributed by atoms with E-state index in [1.807, 2.05) is 55.7 Å². The standard InChI is InChI=1S/C34H43BrF2N6O5.C2HF3O2/c1-34(2,3)32(28-15-23(25-16-24(36)9-10-26(25)37)20-42(28)19-22-7-5-4-6-8-22)43(31(47)21-44)14-11-27(38)33(48)40-13-12-39-30(46)18-41-29(45)17-35;3-2(4,5)1(6)7/h4-10,15-16,20,27,32,44H,11-14,17-19,21,38H2,1-3H3,(H,39,46)(H,40,48)(H,41,45);(H,6,7)/t27-,32-;/m0./s1. The number of carboxylic acids is 1. The Labute approximate surface area is 322 Å². The first kappa shape index (κ1) is 46.3. The zero-order chi connectivity index (χ0) is 41.5. The molecule has 0 aliphatic heterocycles. The van der Waals surface area contributed by atoms with Crippen LogP contribution < -0.4 is 21.7 Å². The highest BCUT2D eigenvalue weighted by molar-refractivity contribution is 9.09. The number of nitrogens with zero attached hydrogens (tertiary/aromatic N) is 2. The Bertz CT molecular complexity index is 1770. The fourth-order valence-electron chi connectivity index (χ4n) is 5.32. The first-order chi connectivity index (χ1) is 25.7. The van der Waals surface area contributed by atoms with Crippen molar-refractivity contribution in [2.75, 3.05) is 38.1 Å². The van der Waals surface area contributed by atoms with Crippen LogP contribution in [-0.2, 0) is 30.5 Å². The Kier molecular flexibility index (Phi) is 17.9. The molecule has 1 heterocycles. The average molecular weight is 848 g/mol. The number of aliphatic hydroxyl groups is 1. The molecule has 0 saturated carbocycles. The van der Waals surface area contributed by atoms with E-state index in [0.29, 0.717) is 17.8 Å². The van der Waals surface area contributed by atoms with Crippen LogP contribution in [0.25, 0.3) is 11.1 Å². The van der Waals surface area contributed by atoms with Crippen LogP contribution in [0.5, 0.6) is 0 Å². The number of carbonyl (C=O) groups is 5. The highest BCUT2D eigenvalue weighted by Gasteiger charge is 2.39. The maximum Gasteiger partial charge on any atom is 0.490 e. The number of nitrogens with one attached hydrogen (secondary N) is 3. The molecule has 0 saturated heterocycles. The molecule has 0 unspecified atom stereocenters. The van der Waals surface area contributed by atoms with Crippen molar-refractivity contribution in [3.05, 3.63) is 83.7 Å². The van der Waals surface area contributed by atoms with Gasteiger partial charge in [0.2, 0.25) is 23.6 Å². The van der Waals surface area contributed by atoms with Crippen LogP contribution in [0, 0.1) is 17.0 Å². The van der Waals surface area contributed by atoms with E-state index in [0.717, 1.165) is 23.8 Å². The predicted octanol–water partition coefficient (Wildman–Crippen LogP) is 3.48. The molecule has 0 aliphatic carbocycles. The van der Waals surface area contributed by atoms with Crippen molar-refractivity contribution in [1.29, 1.82) is 0 Å². The second-order valence-electron chi connectivity index (χ2n) is 13.2. The summed E-state index contributed by atoms with van der Waals surface area (Å²) in [5.74, 6) is -5.81. The summed E-state index contributed by atoms with van der Waals surface area (Å²) in [5.41, 5.74) is 7.60. The van der Waals surface area contributed by atoms with Gasteiger partial charge in [0.05, 0.1) is 24.0 Å². The van der Waals surface area contributed by atoms with Crippen molar-refractivity contribution >= 4 is 45.5 Å². The molecule has 0 bridgehead atoms. The lowest BCUT2D eigenvalue weighted by Gasteiger charge is -2.41. The number of rotatable bonds is 16. The van der Waals surface area contributed by atoms with Gasteiger partial charge in [-0.25, -0.2) is 13.6 Å². The summed E-state index contributed by atoms with van der Waals surface area (Å²) in [6, 6.07) is 12.8. The molecule has 55 heavy (non-hydrogen) atoms. The first-order valence-corrected chi connectivity index (χ1v) is 17.8. The molecule has 3 aromatic rings. The molecule has 19 heteroatoms. The third kappa shape index (κ3) is 15.1. The minimum atomic E-state index is -5.08. The topological polar surface area (TPSA) is 196 Å². The van der Waals surface area contributed by atoms with Gasteiger partial charge in [-0.3, -0.25) is 19.2 Å². The first-order valence-electron chi connectivity index (χ1n) is 16.7. The number of amides is 4. The highest BCUT2D eigenvalue weighted by atomic mass is 79.9. The normalized spacial score (nSPS) is 12.4. The largest absolute Gasteiger partial charge is 0.490 e. The van der Waals surface area contributed by atoms with E-state index < -0.39 is 65.6 Å². The quantitative estimate of drug-likeness (QED) is 0.0716. The summed E-state index contributed by atoms with van der Waals surface area (Å²) >= 11 is 2.99. The number of nitrogens with two attached hydrogens (primary N) is 1. The van der Waals surface area contributed by atoms with Crippen molar-refractivity contribution < 1.29 is 56.1 Å². The summed E-state index contributed by atoms with van der Waals surface area (Å²) in [4.78, 5) is 59.6. The molecule has 2 atom stereocenters. The smallest absolute Gasteiger partial charge is 0.475 e. The van der Waals surface area contributed by atoms with E-state index in [2.05, 4.69) is 31.9 Å². The molecule has 13 nitrogen and oxygen atoms in total. The van der Waals surface area contributed by atoms with Gasteiger partial charge in [-0.05, 0) is 41.7 Å². The van der Waals surface area contributed by atoms with E-state index in [4.69, 9.17) is 15.6 Å². The fraction of sp³-hybridized carbons (Fsp3) is 0.417. The number of aliphatic hydroxyl groups excluding tert-OH is 1. The molecule has 4 amide bonds. The Balaban J connectivity index is 0.00000136. The van der Waals surface area contributed by atoms with E-state index in [1.54, 1.807) is 12.3 Å². The van der Waals surface area contributed by atoms with E-state index in [9.17, 15) is 46.2 Å². The molecule has 0 aliphatic rings. The summed E-state index contributed by atoms with van der Waals surface area (Å²) in [5, 5.41) is 24.8. The van der Waals surface area contributed by atoms with Gasteiger partial charge in [-0.1, -0.05) is 67.0 Å². The highest BCUT2D eigenvalue weighted by Crippen LogP contribution is 2.41. The van der Waals surface area contributed by atoms with Crippen LogP contribution in [-0.4, -0.2) is 99.6 Å². The molecule has 0 radical (unpaired) electrons. The number of hydrogen-bond donors (Lipinski definition) is 6. The number of carbonyl (C=O) groups excluding carboxylic acids is 4. The maximum absolute atomic E-state index is 15.0. The van der Waals surface area contributed by atoms with Gasteiger partial charge in [0.25, 0.3) is 0 Å². The van der Waals surface area contributed by atoms with Crippen LogP contribution in [0.1, 0.15) is 44.5 Å². The van der Waals surface area contributed by atoms with Crippen LogP contribution >= 0.6 is 15.9 Å². The molecule has 7 N–H and O–H groups in total. The minimum Gasteiger partial charge on any atom is -0.475 e. The van der Waals surface area contributed by atoms with Gasteiger partial charge in [0.15, 0.2) is 0 Å². The fourth-order valence-corrected chi connectivity index (χ4v) is 5.52. The Morgan fingerprint density at radius 2 is 1.55 bits per heavy atom. The summed E-state index contributed by atoms with van der Waals surface area (Å²) in [7, 11) is 0. The van der Waals surface area contributed by atoms with Crippen molar-refractivity contribution in [2.24, 2.45) is 11.1 Å². The van der Waals surface area contributed by atoms with Crippen LogP contribution in [0.3, 0.4) is 0 Å². The number of aromatic nitrogens is 1. The molecule has 0 spiro atoms. The predicted molar refractivity (Wildman–Crippen MR) is 195 cm³/mol. The summed E-state index contributed by atoms with van der Waals surface area (Å²) in [6.07, 6.45) is -3.33. The van der Waals surface area contributed by atoms with E-state index >= 15 is 0 Å². The summed E-state index contributed by atoms with van der Waals surface area (Å²) < 4.78 is 62.8. The lowest BCUT2D eigenvalue weighted by atomic mass is 9.82. The number of hydrogen-bond acceptors (Lipinski definition) is 7. The second kappa shape index (κ2) is 21.3. The van der Waals surface area contributed by atoms with Crippen molar-refractivity contribution in [3.8, 4) is 11.1 Å². The van der Waals surface area contributed by atoms with E-state index in [-0.39, 0.29) is 49.4 Å². The zero-order valence-electron chi connectivity index (χ0n) is 30.3. The van der Waals surface area contributed by atoms with Crippen molar-refractivity contribution in [1.82, 2.24) is 25.4 Å². The van der Waals surface area contributed by atoms with E-state index in [1.165, 1.54) is 4.90 Å². The molecule has 0 fully saturated rings. The number of halogens is 6. The Morgan fingerprint density at radius 1 is 0.927 bits per heavy atom. The number of aliphatic carboxylic acids is 1. The van der Waals surface area contributed by atoms with Crippen LogP contribution in [0.15, 0.2) is 60.8 Å². The average Bonchev–Trinajstić information content (AvgIpc) is 3.52. The Hall–Kier alpha value is -4.88. The third-order valence-corrected chi connectivity index (χ3v) is 8.32. The van der Waals surface area contributed by atoms with Gasteiger partial charge in [0.1, 0.15) is 18.2 Å². The molecular weight excluding hydrogens is 803 g/mol. The lowest BCUT2D eigenvalue weighted by Crippen LogP contribution is -2.48. The number of carboxylic acid groups (broad SMARTS) is 1. The van der Waals surface area contributed by atoms with Crippen molar-refractivity contribution in [3.63, 3.8) is 0 Å². The van der Waals surface area contributed by atoms with Gasteiger partial charge in [-0.2, -0.15) is 13.2 Å². The minimum absolute atomic E-state index is 0.0000978. The molecular formula is C36H44BrF5N6O7. The molecule has 1 aromatic heterocycles. The molecule has 2 aromatic carbocycles. The van der Waals surface area contributed by atoms with Crippen LogP contribution in [0.2, 0.25) is 0 Å². The van der Waals surface area contributed by atoms with Gasteiger partial charge in [-0.15, -0.1) is 0 Å². The van der Waals surface area contributed by atoms with Crippen molar-refractivity contribution in [2.45, 2.75) is 52.0 Å². The van der Waals surface area contributed by atoms with Gasteiger partial charge in [0, 0.05) is 49.2 Å². The maximum atomic E-state index is 15.0. The zero-order valence-corrected chi connectivity index (χ0v) is 31.8. The number of alkyl halides is 4. The third-order valence-electron chi connectivity index (χ3n) is 7.81. The van der Waals surface area contributed by atoms with Crippen LogP contribution in [0.4, 0.5) is 22.0 Å². The van der Waals surface area contributed by atoms with Gasteiger partial charge >= 0.3 is 12.1 Å². The summed E-state index contributed by atoms with van der Waals surface area (Å²) in [6.45, 7) is 5.32. The SMILES string of the molecule is CC(C)(C)[C@H](c1cc(-c2cc(F)ccc2F)cn1Cc1ccccc1)N(CC[C@H](N)C(=O)NCCNC(=O)CNC(=O)CBr)C(=O)CO.O=C(O)C(F)(F)F. The van der Waals surface area contributed by atoms with Gasteiger partial charge < -0.3 is 41.4 Å². The second-order valence-corrected chi connectivity index (χ2v) is 13.7.